The molecular weight excluding hydrogens is 325 g/mol. The molecule has 0 fully saturated rings. The number of rotatable bonds is 5. The minimum absolute atomic E-state index is 0.118. The molecule has 0 saturated carbocycles. The van der Waals surface area contributed by atoms with E-state index in [-0.39, 0.29) is 28.8 Å². The summed E-state index contributed by atoms with van der Waals surface area (Å²) in [6, 6.07) is 11.5. The first-order valence-corrected chi connectivity index (χ1v) is 7.36. The van der Waals surface area contributed by atoms with Crippen LogP contribution in [0.1, 0.15) is 11.1 Å². The van der Waals surface area contributed by atoms with E-state index in [0.717, 1.165) is 5.56 Å². The molecule has 1 atom stereocenters. The molecule has 0 aliphatic carbocycles. The lowest BCUT2D eigenvalue weighted by molar-refractivity contribution is -0.146. The summed E-state index contributed by atoms with van der Waals surface area (Å²) in [4.78, 5) is 11.9. The third-order valence-electron chi connectivity index (χ3n) is 3.06. The van der Waals surface area contributed by atoms with Crippen molar-refractivity contribution in [3.05, 3.63) is 63.6 Å². The topological polar surface area (TPSA) is 72.5 Å². The van der Waals surface area contributed by atoms with Gasteiger partial charge in [0.2, 0.25) is 0 Å². The highest BCUT2D eigenvalue weighted by molar-refractivity contribution is 6.37. The van der Waals surface area contributed by atoms with E-state index in [1.807, 2.05) is 30.3 Å². The number of phenolic OH excluding ortho intramolecular Hbond substituents is 1. The average molecular weight is 340 g/mol. The monoisotopic (exact) mass is 339 g/mol. The first-order valence-electron chi connectivity index (χ1n) is 6.60. The third-order valence-corrected chi connectivity index (χ3v) is 3.64. The Bertz CT molecular complexity index is 639. The highest BCUT2D eigenvalue weighted by Gasteiger charge is 2.17. The fourth-order valence-corrected chi connectivity index (χ4v) is 2.44. The van der Waals surface area contributed by atoms with Crippen LogP contribution in [-0.2, 0) is 22.6 Å². The Morgan fingerprint density at radius 1 is 1.14 bits per heavy atom. The van der Waals surface area contributed by atoms with Gasteiger partial charge in [0.15, 0.2) is 5.75 Å². The lowest BCUT2D eigenvalue weighted by atomic mass is 10.1. The smallest absolute Gasteiger partial charge is 0.323 e. The summed E-state index contributed by atoms with van der Waals surface area (Å²) in [6.07, 6.45) is 0.216. The van der Waals surface area contributed by atoms with Crippen LogP contribution >= 0.6 is 23.2 Å². The van der Waals surface area contributed by atoms with Crippen molar-refractivity contribution in [2.45, 2.75) is 19.1 Å². The van der Waals surface area contributed by atoms with Crippen LogP contribution in [-0.4, -0.2) is 17.1 Å². The fraction of sp³-hybridized carbons (Fsp3) is 0.188. The molecule has 6 heteroatoms. The molecule has 0 heterocycles. The zero-order valence-corrected chi connectivity index (χ0v) is 13.1. The second-order valence-corrected chi connectivity index (χ2v) is 5.63. The molecular formula is C16H15Cl2NO3. The molecule has 0 spiro atoms. The molecule has 2 aromatic carbocycles. The molecule has 0 amide bonds. The molecule has 2 aromatic rings. The van der Waals surface area contributed by atoms with Crippen molar-refractivity contribution in [3.63, 3.8) is 0 Å². The molecule has 2 rings (SSSR count). The summed E-state index contributed by atoms with van der Waals surface area (Å²) in [5, 5.41) is 9.73. The van der Waals surface area contributed by atoms with Gasteiger partial charge >= 0.3 is 5.97 Å². The van der Waals surface area contributed by atoms with E-state index in [2.05, 4.69) is 0 Å². The van der Waals surface area contributed by atoms with Gasteiger partial charge < -0.3 is 15.6 Å². The van der Waals surface area contributed by atoms with Gasteiger partial charge in [-0.2, -0.15) is 0 Å². The van der Waals surface area contributed by atoms with Gasteiger partial charge in [-0.25, -0.2) is 0 Å². The second kappa shape index (κ2) is 7.49. The maximum atomic E-state index is 11.9. The maximum absolute atomic E-state index is 11.9. The number of carbonyl (C=O) groups excluding carboxylic acids is 1. The molecule has 116 valence electrons. The van der Waals surface area contributed by atoms with Crippen molar-refractivity contribution >= 4 is 29.2 Å². The number of benzene rings is 2. The predicted octanol–water partition coefficient (Wildman–Crippen LogP) is 3.31. The highest BCUT2D eigenvalue weighted by atomic mass is 35.5. The van der Waals surface area contributed by atoms with Gasteiger partial charge in [-0.15, -0.1) is 0 Å². The molecule has 22 heavy (non-hydrogen) atoms. The van der Waals surface area contributed by atoms with E-state index in [4.69, 9.17) is 33.7 Å². The quantitative estimate of drug-likeness (QED) is 0.819. The summed E-state index contributed by atoms with van der Waals surface area (Å²) in [7, 11) is 0. The molecule has 3 N–H and O–H groups in total. The molecule has 0 aliphatic heterocycles. The molecule has 0 aliphatic rings. The van der Waals surface area contributed by atoms with E-state index in [1.165, 1.54) is 12.1 Å². The van der Waals surface area contributed by atoms with Crippen LogP contribution in [0.5, 0.6) is 5.75 Å². The van der Waals surface area contributed by atoms with Crippen LogP contribution in [0.4, 0.5) is 0 Å². The van der Waals surface area contributed by atoms with Crippen LogP contribution in [0.2, 0.25) is 10.0 Å². The predicted molar refractivity (Wildman–Crippen MR) is 86.0 cm³/mol. The number of carbonyl (C=O) groups is 1. The van der Waals surface area contributed by atoms with Gasteiger partial charge in [0.05, 0.1) is 10.0 Å². The summed E-state index contributed by atoms with van der Waals surface area (Å²) in [5.74, 6) is -0.698. The Balaban J connectivity index is 1.94. The van der Waals surface area contributed by atoms with Crippen molar-refractivity contribution in [1.29, 1.82) is 0 Å². The Morgan fingerprint density at radius 2 is 1.73 bits per heavy atom. The summed E-state index contributed by atoms with van der Waals surface area (Å²) >= 11 is 11.7. The Labute approximate surface area is 138 Å². The standard InChI is InChI=1S/C16H15Cl2NO3/c17-12-6-11(7-13(18)15(12)20)8-14(19)16(21)22-9-10-4-2-1-3-5-10/h1-7,14,20H,8-9,19H2. The van der Waals surface area contributed by atoms with Crippen LogP contribution < -0.4 is 5.73 Å². The van der Waals surface area contributed by atoms with E-state index in [0.29, 0.717) is 5.56 Å². The first-order chi connectivity index (χ1) is 10.5. The Hall–Kier alpha value is -1.75. The zero-order chi connectivity index (χ0) is 16.1. The van der Waals surface area contributed by atoms with Crippen molar-refractivity contribution in [3.8, 4) is 5.75 Å². The van der Waals surface area contributed by atoms with Gasteiger partial charge in [-0.3, -0.25) is 4.79 Å². The summed E-state index contributed by atoms with van der Waals surface area (Å²) in [5.41, 5.74) is 7.37. The lowest BCUT2D eigenvalue weighted by Gasteiger charge is -2.12. The number of esters is 1. The zero-order valence-electron chi connectivity index (χ0n) is 11.6. The molecule has 0 bridgehead atoms. The molecule has 0 radical (unpaired) electrons. The first kappa shape index (κ1) is 16.6. The van der Waals surface area contributed by atoms with E-state index >= 15 is 0 Å². The van der Waals surface area contributed by atoms with E-state index < -0.39 is 12.0 Å². The number of phenols is 1. The number of aromatic hydroxyl groups is 1. The minimum Gasteiger partial charge on any atom is -0.505 e. The van der Waals surface area contributed by atoms with Crippen molar-refractivity contribution in [2.24, 2.45) is 5.73 Å². The van der Waals surface area contributed by atoms with Crippen molar-refractivity contribution in [1.82, 2.24) is 0 Å². The van der Waals surface area contributed by atoms with Crippen LogP contribution in [0.25, 0.3) is 0 Å². The van der Waals surface area contributed by atoms with Crippen molar-refractivity contribution in [2.75, 3.05) is 0 Å². The lowest BCUT2D eigenvalue weighted by Crippen LogP contribution is -2.34. The van der Waals surface area contributed by atoms with E-state index in [9.17, 15) is 9.90 Å². The summed E-state index contributed by atoms with van der Waals surface area (Å²) in [6.45, 7) is 0.171. The Kier molecular flexibility index (Phi) is 5.66. The number of ether oxygens (including phenoxy) is 1. The maximum Gasteiger partial charge on any atom is 0.323 e. The number of hydrogen-bond acceptors (Lipinski definition) is 4. The number of nitrogens with two attached hydrogens (primary N) is 1. The molecule has 0 aromatic heterocycles. The molecule has 4 nitrogen and oxygen atoms in total. The minimum atomic E-state index is -0.833. The van der Waals surface area contributed by atoms with Crippen molar-refractivity contribution < 1.29 is 14.6 Å². The van der Waals surface area contributed by atoms with Gasteiger partial charge in [0.25, 0.3) is 0 Å². The number of halogens is 2. The van der Waals surface area contributed by atoms with Crippen LogP contribution in [0, 0.1) is 0 Å². The summed E-state index contributed by atoms with van der Waals surface area (Å²) < 4.78 is 5.17. The normalized spacial score (nSPS) is 12.0. The molecule has 1 unspecified atom stereocenters. The highest BCUT2D eigenvalue weighted by Crippen LogP contribution is 2.32. The fourth-order valence-electron chi connectivity index (χ4n) is 1.91. The van der Waals surface area contributed by atoms with Crippen LogP contribution in [0.15, 0.2) is 42.5 Å². The van der Waals surface area contributed by atoms with Gasteiger partial charge in [0.1, 0.15) is 12.6 Å². The largest absolute Gasteiger partial charge is 0.505 e. The second-order valence-electron chi connectivity index (χ2n) is 4.81. The Morgan fingerprint density at radius 3 is 2.32 bits per heavy atom. The van der Waals surface area contributed by atoms with Gasteiger partial charge in [0, 0.05) is 0 Å². The van der Waals surface area contributed by atoms with Crippen LogP contribution in [0.3, 0.4) is 0 Å². The third kappa shape index (κ3) is 4.37. The molecule has 0 saturated heterocycles. The van der Waals surface area contributed by atoms with Gasteiger partial charge in [-0.05, 0) is 29.7 Å². The SMILES string of the molecule is NC(Cc1cc(Cl)c(O)c(Cl)c1)C(=O)OCc1ccccc1. The number of hydrogen-bond donors (Lipinski definition) is 2. The average Bonchev–Trinajstić information content (AvgIpc) is 2.51. The van der Waals surface area contributed by atoms with E-state index in [1.54, 1.807) is 0 Å². The van der Waals surface area contributed by atoms with Gasteiger partial charge in [-0.1, -0.05) is 53.5 Å².